The Morgan fingerprint density at radius 3 is 2.37 bits per heavy atom. The van der Waals surface area contributed by atoms with Gasteiger partial charge in [0.15, 0.2) is 0 Å². The summed E-state index contributed by atoms with van der Waals surface area (Å²) in [7, 11) is -2.35. The van der Waals surface area contributed by atoms with Crippen LogP contribution in [0.3, 0.4) is 0 Å². The molecule has 0 heterocycles. The molecule has 2 N–H and O–H groups in total. The largest absolute Gasteiger partial charge is 0.481 e. The zero-order valence-electron chi connectivity index (χ0n) is 11.4. The van der Waals surface area contributed by atoms with Gasteiger partial charge in [0, 0.05) is 13.0 Å². The molecule has 0 spiro atoms. The highest BCUT2D eigenvalue weighted by atomic mass is 32.2. The molecule has 0 saturated carbocycles. The molecule has 0 aliphatic heterocycles. The molecule has 8 heteroatoms. The van der Waals surface area contributed by atoms with Crippen molar-refractivity contribution in [3.05, 3.63) is 0 Å². The Morgan fingerprint density at radius 2 is 1.95 bits per heavy atom. The van der Waals surface area contributed by atoms with Crippen LogP contribution in [0.2, 0.25) is 0 Å². The molecule has 0 aromatic rings. The quantitative estimate of drug-likeness (QED) is 0.594. The fourth-order valence-electron chi connectivity index (χ4n) is 1.20. The van der Waals surface area contributed by atoms with E-state index < -0.39 is 27.4 Å². The Morgan fingerprint density at radius 1 is 1.37 bits per heavy atom. The van der Waals surface area contributed by atoms with Crippen molar-refractivity contribution in [2.45, 2.75) is 33.1 Å². The number of carboxylic acids is 1. The third-order valence-electron chi connectivity index (χ3n) is 3.00. The Bertz CT molecular complexity index is 419. The molecule has 0 saturated heterocycles. The van der Waals surface area contributed by atoms with Crippen LogP contribution in [0.15, 0.2) is 0 Å². The summed E-state index contributed by atoms with van der Waals surface area (Å²) in [6, 6.07) is 0. The number of methoxy groups -OCH3 is 1. The molecule has 7 nitrogen and oxygen atoms in total. The van der Waals surface area contributed by atoms with Gasteiger partial charge in [0.1, 0.15) is 0 Å². The van der Waals surface area contributed by atoms with Gasteiger partial charge < -0.3 is 9.84 Å². The number of carboxylic acid groups (broad SMARTS) is 1. The summed E-state index contributed by atoms with van der Waals surface area (Å²) in [4.78, 5) is 21.9. The van der Waals surface area contributed by atoms with Crippen LogP contribution in [0.4, 0.5) is 0 Å². The first-order valence-corrected chi connectivity index (χ1v) is 7.59. The number of ether oxygens (including phenoxy) is 1. The Labute approximate surface area is 113 Å². The molecule has 0 radical (unpaired) electrons. The number of carbonyl (C=O) groups is 2. The fraction of sp³-hybridized carbons (Fsp3) is 0.818. The SMILES string of the molecule is CCC(C)(CNS(=O)(=O)CCCC(=O)OC)C(=O)O. The third-order valence-corrected chi connectivity index (χ3v) is 4.41. The van der Waals surface area contributed by atoms with Crippen LogP contribution < -0.4 is 4.72 Å². The van der Waals surface area contributed by atoms with Crippen LogP contribution in [0.1, 0.15) is 33.1 Å². The number of hydrogen-bond acceptors (Lipinski definition) is 5. The van der Waals surface area contributed by atoms with Crippen molar-refractivity contribution in [3.8, 4) is 0 Å². The lowest BCUT2D eigenvalue weighted by Gasteiger charge is -2.23. The van der Waals surface area contributed by atoms with Crippen LogP contribution in [0, 0.1) is 5.41 Å². The topological polar surface area (TPSA) is 110 Å². The zero-order valence-corrected chi connectivity index (χ0v) is 12.2. The number of nitrogens with one attached hydrogen (secondary N) is 1. The van der Waals surface area contributed by atoms with Gasteiger partial charge in [0.2, 0.25) is 10.0 Å². The normalized spacial score (nSPS) is 14.7. The van der Waals surface area contributed by atoms with Crippen molar-refractivity contribution in [2.24, 2.45) is 5.41 Å². The van der Waals surface area contributed by atoms with Gasteiger partial charge in [-0.05, 0) is 19.8 Å². The third kappa shape index (κ3) is 6.53. The van der Waals surface area contributed by atoms with Gasteiger partial charge in [0.05, 0.1) is 18.3 Å². The highest BCUT2D eigenvalue weighted by Crippen LogP contribution is 2.20. The van der Waals surface area contributed by atoms with Crippen molar-refractivity contribution in [1.82, 2.24) is 4.72 Å². The molecule has 1 atom stereocenters. The molecule has 0 rings (SSSR count). The van der Waals surface area contributed by atoms with E-state index in [2.05, 4.69) is 9.46 Å². The van der Waals surface area contributed by atoms with Crippen LogP contribution in [0.25, 0.3) is 0 Å². The number of aliphatic carboxylic acids is 1. The summed E-state index contributed by atoms with van der Waals surface area (Å²) in [6.07, 6.45) is 0.465. The smallest absolute Gasteiger partial charge is 0.310 e. The first-order valence-electron chi connectivity index (χ1n) is 5.94. The molecule has 0 aliphatic rings. The zero-order chi connectivity index (χ0) is 15.1. The fourth-order valence-corrected chi connectivity index (χ4v) is 2.41. The van der Waals surface area contributed by atoms with Gasteiger partial charge in [-0.1, -0.05) is 6.92 Å². The molecule has 1 unspecified atom stereocenters. The van der Waals surface area contributed by atoms with E-state index >= 15 is 0 Å². The second kappa shape index (κ2) is 7.44. The molecular formula is C11H21NO6S. The lowest BCUT2D eigenvalue weighted by molar-refractivity contribution is -0.147. The highest BCUT2D eigenvalue weighted by Gasteiger charge is 2.32. The van der Waals surface area contributed by atoms with Crippen LogP contribution in [0.5, 0.6) is 0 Å². The number of hydrogen-bond donors (Lipinski definition) is 2. The van der Waals surface area contributed by atoms with Crippen molar-refractivity contribution in [1.29, 1.82) is 0 Å². The Hall–Kier alpha value is -1.15. The van der Waals surface area contributed by atoms with E-state index in [9.17, 15) is 18.0 Å². The first kappa shape index (κ1) is 17.8. The molecule has 0 aromatic heterocycles. The van der Waals surface area contributed by atoms with E-state index in [0.29, 0.717) is 6.42 Å². The number of esters is 1. The predicted molar refractivity (Wildman–Crippen MR) is 69.1 cm³/mol. The lowest BCUT2D eigenvalue weighted by Crippen LogP contribution is -2.41. The highest BCUT2D eigenvalue weighted by molar-refractivity contribution is 7.89. The minimum Gasteiger partial charge on any atom is -0.481 e. The van der Waals surface area contributed by atoms with Gasteiger partial charge in [-0.15, -0.1) is 0 Å². The molecular weight excluding hydrogens is 274 g/mol. The second-order valence-electron chi connectivity index (χ2n) is 4.54. The predicted octanol–water partition coefficient (Wildman–Crippen LogP) is 0.360. The maximum Gasteiger partial charge on any atom is 0.310 e. The van der Waals surface area contributed by atoms with Gasteiger partial charge >= 0.3 is 11.9 Å². The van der Waals surface area contributed by atoms with E-state index in [1.54, 1.807) is 6.92 Å². The minimum atomic E-state index is -3.58. The monoisotopic (exact) mass is 295 g/mol. The maximum atomic E-state index is 11.6. The van der Waals surface area contributed by atoms with Crippen LogP contribution >= 0.6 is 0 Å². The number of rotatable bonds is 9. The summed E-state index contributed by atoms with van der Waals surface area (Å²) in [6.45, 7) is 2.99. The Balaban J connectivity index is 4.31. The van der Waals surface area contributed by atoms with E-state index in [1.807, 2.05) is 0 Å². The average molecular weight is 295 g/mol. The molecule has 112 valence electrons. The van der Waals surface area contributed by atoms with Gasteiger partial charge in [-0.3, -0.25) is 9.59 Å². The lowest BCUT2D eigenvalue weighted by atomic mass is 9.88. The van der Waals surface area contributed by atoms with E-state index in [4.69, 9.17) is 5.11 Å². The molecule has 0 amide bonds. The van der Waals surface area contributed by atoms with E-state index in [0.717, 1.165) is 0 Å². The summed E-state index contributed by atoms with van der Waals surface area (Å²) >= 11 is 0. The molecule has 0 aromatic carbocycles. The second-order valence-corrected chi connectivity index (χ2v) is 6.47. The average Bonchev–Trinajstić information content (AvgIpc) is 2.35. The summed E-state index contributed by atoms with van der Waals surface area (Å²) in [5.41, 5.74) is -1.13. The molecule has 0 fully saturated rings. The Kier molecular flexibility index (Phi) is 6.99. The summed E-state index contributed by atoms with van der Waals surface area (Å²) in [5, 5.41) is 9.01. The first-order chi connectivity index (χ1) is 8.67. The molecule has 0 aliphatic carbocycles. The summed E-state index contributed by atoms with van der Waals surface area (Å²) in [5.74, 6) is -1.76. The number of carbonyl (C=O) groups excluding carboxylic acids is 1. The van der Waals surface area contributed by atoms with E-state index in [-0.39, 0.29) is 25.1 Å². The van der Waals surface area contributed by atoms with Crippen LogP contribution in [-0.2, 0) is 24.3 Å². The van der Waals surface area contributed by atoms with Gasteiger partial charge in [0.25, 0.3) is 0 Å². The van der Waals surface area contributed by atoms with Crippen molar-refractivity contribution in [3.63, 3.8) is 0 Å². The number of sulfonamides is 1. The van der Waals surface area contributed by atoms with Crippen molar-refractivity contribution < 1.29 is 27.9 Å². The van der Waals surface area contributed by atoms with Crippen molar-refractivity contribution >= 4 is 22.0 Å². The minimum absolute atomic E-state index is 0.0153. The van der Waals surface area contributed by atoms with Crippen molar-refractivity contribution in [2.75, 3.05) is 19.4 Å². The molecule has 19 heavy (non-hydrogen) atoms. The van der Waals surface area contributed by atoms with Gasteiger partial charge in [-0.2, -0.15) is 0 Å². The molecule has 0 bridgehead atoms. The summed E-state index contributed by atoms with van der Waals surface area (Å²) < 4.78 is 29.9. The van der Waals surface area contributed by atoms with E-state index in [1.165, 1.54) is 14.0 Å². The van der Waals surface area contributed by atoms with Gasteiger partial charge in [-0.25, -0.2) is 13.1 Å². The standard InChI is InChI=1S/C11H21NO6S/c1-4-11(2,10(14)15)8-12-19(16,17)7-5-6-9(13)18-3/h12H,4-8H2,1-3H3,(H,14,15). The maximum absolute atomic E-state index is 11.6. The van der Waals surface area contributed by atoms with Crippen LogP contribution in [-0.4, -0.2) is 44.9 Å².